The molecule has 0 heterocycles. The fourth-order valence-corrected chi connectivity index (χ4v) is 16.9. The summed E-state index contributed by atoms with van der Waals surface area (Å²) in [5, 5.41) is 0. The zero-order chi connectivity index (χ0) is 60.3. The van der Waals surface area contributed by atoms with E-state index in [4.69, 9.17) is 0 Å². The summed E-state index contributed by atoms with van der Waals surface area (Å²) in [4.78, 5) is 12.4. The molecule has 0 nitrogen and oxygen atoms in total. The van der Waals surface area contributed by atoms with Gasteiger partial charge < -0.3 is 0 Å². The Balaban J connectivity index is 0.000000137. The van der Waals surface area contributed by atoms with E-state index in [0.29, 0.717) is 0 Å². The Morgan fingerprint density at radius 2 is 0.291 bits per heavy atom. The van der Waals surface area contributed by atoms with Crippen molar-refractivity contribution in [3.05, 3.63) is 362 Å². The highest BCUT2D eigenvalue weighted by Crippen LogP contribution is 2.37. The second-order valence-electron chi connectivity index (χ2n) is 18.5. The van der Waals surface area contributed by atoms with Gasteiger partial charge in [0, 0.05) is 0 Å². The molecule has 0 aliphatic heterocycles. The van der Waals surface area contributed by atoms with E-state index >= 15 is 0 Å². The summed E-state index contributed by atoms with van der Waals surface area (Å²) in [5.41, 5.74) is -0.620. The van der Waals surface area contributed by atoms with Crippen molar-refractivity contribution in [2.45, 2.75) is 64.9 Å². The van der Waals surface area contributed by atoms with Crippen molar-refractivity contribution >= 4 is 43.6 Å². The molecule has 0 amide bonds. The molecule has 0 radical (unpaired) electrons. The highest BCUT2D eigenvalue weighted by molar-refractivity contribution is 7.98. The molecule has 12 aromatic rings. The Morgan fingerprint density at radius 3 is 0.430 bits per heavy atom. The zero-order valence-electron chi connectivity index (χ0n) is 45.6. The molecule has 86 heavy (non-hydrogen) atoms. The van der Waals surface area contributed by atoms with Crippen LogP contribution in [0, 0.1) is 34.9 Å². The van der Waals surface area contributed by atoms with Crippen molar-refractivity contribution in [3.63, 3.8) is 0 Å². The number of hydrogen-bond donors (Lipinski definition) is 0. The molecule has 12 aromatic carbocycles. The smallest absolute Gasteiger partial charge is 0.207 e. The predicted molar refractivity (Wildman–Crippen MR) is 331 cm³/mol. The van der Waals surface area contributed by atoms with Crippen molar-refractivity contribution in [2.75, 3.05) is 0 Å². The zero-order valence-corrected chi connectivity index (χ0v) is 48.9. The van der Waals surface area contributed by atoms with Crippen LogP contribution < -0.4 is 0 Å². The van der Waals surface area contributed by atoms with E-state index in [0.717, 1.165) is 61.1 Å². The van der Waals surface area contributed by atoms with Crippen LogP contribution in [0.2, 0.25) is 0 Å². The third kappa shape index (κ3) is 17.3. The van der Waals surface area contributed by atoms with Gasteiger partial charge in [0.25, 0.3) is 0 Å². The van der Waals surface area contributed by atoms with Gasteiger partial charge >= 0.3 is 6.18 Å². The summed E-state index contributed by atoms with van der Waals surface area (Å²) >= 11 is 0. The monoisotopic (exact) mass is 1230 g/mol. The molecule has 0 saturated carbocycles. The summed E-state index contributed by atoms with van der Waals surface area (Å²) in [5.74, 6) is -1.65. The van der Waals surface area contributed by atoms with E-state index in [1.165, 1.54) is 82.6 Å². The molecule has 0 aromatic heterocycles. The molecule has 0 fully saturated rings. The molecule has 13 heteroatoms. The van der Waals surface area contributed by atoms with Crippen LogP contribution in [-0.2, 0) is 49.8 Å². The normalized spacial score (nSPS) is 11.0. The Morgan fingerprint density at radius 1 is 0.163 bits per heavy atom. The molecular formula is C73H53F9S4+4. The number of alkyl halides is 3. The summed E-state index contributed by atoms with van der Waals surface area (Å²) < 4.78 is 117. The third-order valence-electron chi connectivity index (χ3n) is 12.6. The summed E-state index contributed by atoms with van der Waals surface area (Å²) in [6, 6.07) is 94.2. The Hall–Kier alpha value is -8.59. The largest absolute Gasteiger partial charge is 0.416 e. The lowest BCUT2D eigenvalue weighted by molar-refractivity contribution is -0.137. The maximum absolute atomic E-state index is 13.2. The molecule has 0 atom stereocenters. The maximum atomic E-state index is 13.2. The molecule has 0 aliphatic carbocycles. The van der Waals surface area contributed by atoms with Crippen LogP contribution in [0.1, 0.15) is 5.56 Å². The average molecular weight is 1230 g/mol. The minimum atomic E-state index is -4.31. The minimum Gasteiger partial charge on any atom is -0.207 e. The van der Waals surface area contributed by atoms with Gasteiger partial charge in [0.05, 0.1) is 49.1 Å². The Kier molecular flexibility index (Phi) is 22.0. The van der Waals surface area contributed by atoms with Gasteiger partial charge in [-0.05, 0) is 231 Å². The maximum Gasteiger partial charge on any atom is 0.416 e. The van der Waals surface area contributed by atoms with Crippen LogP contribution in [-0.4, -0.2) is 0 Å². The number of rotatable bonds is 12. The van der Waals surface area contributed by atoms with Gasteiger partial charge in [-0.2, -0.15) is 13.2 Å². The standard InChI is InChI=1S/C19H14F3S.C18H12F3S.C18H13F2S.C18H14FS/c20-19(21,22)15-11-13-18(14-12-15)23(16-7-3-1-4-8-16)17-9-5-2-6-10-17;19-13-1-7-16(8-2-13)22(17-9-3-14(20)4-10-17)18-11-5-15(21)6-12-18;19-14-6-10-17(11-7-14)21(16-4-2-1-3-5-16)18-12-8-15(20)9-13-18;19-15-11-13-18(14-12-15)20(16-7-3-1-4-8-16)17-9-5-2-6-10-17/h1-14H;1-12H;1-13H;1-14H/q4*+1. The van der Waals surface area contributed by atoms with Crippen molar-refractivity contribution < 1.29 is 39.5 Å². The molecule has 0 bridgehead atoms. The number of halogens is 9. The number of hydrogen-bond acceptors (Lipinski definition) is 0. The van der Waals surface area contributed by atoms with E-state index in [9.17, 15) is 39.5 Å². The molecule has 0 saturated heterocycles. The summed E-state index contributed by atoms with van der Waals surface area (Å²) in [6.07, 6.45) is -4.31. The first-order valence-corrected chi connectivity index (χ1v) is 31.6. The fourth-order valence-electron chi connectivity index (χ4n) is 8.62. The highest BCUT2D eigenvalue weighted by atomic mass is 32.2. The van der Waals surface area contributed by atoms with Crippen LogP contribution in [0.4, 0.5) is 39.5 Å². The quantitative estimate of drug-likeness (QED) is 0.0845. The van der Waals surface area contributed by atoms with Crippen LogP contribution in [0.15, 0.2) is 380 Å². The molecular weight excluding hydrogens is 1180 g/mol. The van der Waals surface area contributed by atoms with E-state index < -0.39 is 33.5 Å². The van der Waals surface area contributed by atoms with Crippen molar-refractivity contribution in [3.8, 4) is 0 Å². The van der Waals surface area contributed by atoms with E-state index in [-0.39, 0.29) is 56.7 Å². The minimum absolute atomic E-state index is 0.190. The van der Waals surface area contributed by atoms with Crippen LogP contribution in [0.3, 0.4) is 0 Å². The molecule has 0 aliphatic rings. The highest BCUT2D eigenvalue weighted by Gasteiger charge is 2.34. The SMILES string of the molecule is FC(F)(F)c1ccc([S+](c2ccccc2)c2ccccc2)cc1.Fc1ccc([S+](c2ccc(F)cc2)c2ccc(F)cc2)cc1.Fc1ccc([S+](c2ccccc2)c2ccc(F)cc2)cc1.Fc1ccc([S+](c2ccccc2)c2ccccc2)cc1. The summed E-state index contributed by atoms with van der Waals surface area (Å²) in [7, 11) is -1.51. The Labute approximate surface area is 506 Å². The molecule has 428 valence electrons. The third-order valence-corrected chi connectivity index (χ3v) is 21.5. The van der Waals surface area contributed by atoms with E-state index in [2.05, 4.69) is 24.3 Å². The summed E-state index contributed by atoms with van der Waals surface area (Å²) in [6.45, 7) is 0. The molecule has 0 N–H and O–H groups in total. The topological polar surface area (TPSA) is 0 Å². The first kappa shape index (κ1) is 62.0. The van der Waals surface area contributed by atoms with Crippen molar-refractivity contribution in [1.29, 1.82) is 0 Å². The second-order valence-corrected chi connectivity index (χ2v) is 26.6. The van der Waals surface area contributed by atoms with Crippen LogP contribution in [0.25, 0.3) is 0 Å². The first-order valence-electron chi connectivity index (χ1n) is 26.7. The van der Waals surface area contributed by atoms with Gasteiger partial charge in [0.2, 0.25) is 0 Å². The van der Waals surface area contributed by atoms with Gasteiger partial charge in [0.15, 0.2) is 58.7 Å². The Bertz CT molecular complexity index is 3690. The van der Waals surface area contributed by atoms with Crippen molar-refractivity contribution in [2.24, 2.45) is 0 Å². The second kappa shape index (κ2) is 30.5. The lowest BCUT2D eigenvalue weighted by Crippen LogP contribution is -2.07. The van der Waals surface area contributed by atoms with Crippen LogP contribution >= 0.6 is 0 Å². The molecule has 0 unspecified atom stereocenters. The van der Waals surface area contributed by atoms with Gasteiger partial charge in [-0.15, -0.1) is 0 Å². The first-order chi connectivity index (χ1) is 41.8. The number of benzene rings is 12. The lowest BCUT2D eigenvalue weighted by atomic mass is 10.2. The van der Waals surface area contributed by atoms with Gasteiger partial charge in [0.1, 0.15) is 34.9 Å². The van der Waals surface area contributed by atoms with Gasteiger partial charge in [-0.1, -0.05) is 91.0 Å². The lowest BCUT2D eigenvalue weighted by Gasteiger charge is -2.10. The average Bonchev–Trinajstić information content (AvgIpc) is 2.66. The van der Waals surface area contributed by atoms with E-state index in [1.54, 1.807) is 72.8 Å². The van der Waals surface area contributed by atoms with Crippen LogP contribution in [0.5, 0.6) is 0 Å². The van der Waals surface area contributed by atoms with Crippen molar-refractivity contribution in [1.82, 2.24) is 0 Å². The fraction of sp³-hybridized carbons (Fsp3) is 0.0137. The van der Waals surface area contributed by atoms with Gasteiger partial charge in [-0.3, -0.25) is 0 Å². The molecule has 12 rings (SSSR count). The predicted octanol–water partition coefficient (Wildman–Crippen LogP) is 21.0. The van der Waals surface area contributed by atoms with Gasteiger partial charge in [-0.25, -0.2) is 26.3 Å². The molecule has 0 spiro atoms. The van der Waals surface area contributed by atoms with E-state index in [1.807, 2.05) is 140 Å².